The number of carbonyl (C=O) groups is 5. The predicted molar refractivity (Wildman–Crippen MR) is 109 cm³/mol. The van der Waals surface area contributed by atoms with Crippen molar-refractivity contribution in [2.24, 2.45) is 5.92 Å². The van der Waals surface area contributed by atoms with Gasteiger partial charge in [-0.2, -0.15) is 0 Å². The second-order valence-electron chi connectivity index (χ2n) is 7.54. The minimum atomic E-state index is -0.654. The summed E-state index contributed by atoms with van der Waals surface area (Å²) in [4.78, 5) is 62.3. The van der Waals surface area contributed by atoms with E-state index in [4.69, 9.17) is 0 Å². The number of methoxy groups -OCH3 is 1. The molecular weight excluding hydrogens is 392 g/mol. The van der Waals surface area contributed by atoms with Crippen LogP contribution in [-0.4, -0.2) is 85.8 Å². The molecular formula is C20H32N4O6. The Morgan fingerprint density at radius 2 is 1.90 bits per heavy atom. The summed E-state index contributed by atoms with van der Waals surface area (Å²) in [6.45, 7) is 5.56. The first-order chi connectivity index (χ1) is 14.1. The Labute approximate surface area is 177 Å². The maximum Gasteiger partial charge on any atom is 0.325 e. The third kappa shape index (κ3) is 6.85. The molecule has 168 valence electrons. The van der Waals surface area contributed by atoms with Crippen molar-refractivity contribution in [1.29, 1.82) is 0 Å². The number of esters is 1. The van der Waals surface area contributed by atoms with Gasteiger partial charge in [0.15, 0.2) is 0 Å². The first kappa shape index (κ1) is 25.1. The highest BCUT2D eigenvalue weighted by molar-refractivity contribution is 5.97. The van der Waals surface area contributed by atoms with Crippen LogP contribution in [0.25, 0.3) is 0 Å². The van der Waals surface area contributed by atoms with E-state index < -0.39 is 17.9 Å². The average Bonchev–Trinajstić information content (AvgIpc) is 3.22. The lowest BCUT2D eigenvalue weighted by Crippen LogP contribution is -2.48. The maximum atomic E-state index is 13.0. The van der Waals surface area contributed by atoms with Gasteiger partial charge in [-0.25, -0.2) is 0 Å². The molecule has 0 aromatic heterocycles. The Bertz CT molecular complexity index is 691. The molecule has 0 spiro atoms. The molecule has 10 nitrogen and oxygen atoms in total. The molecule has 0 saturated carbocycles. The predicted octanol–water partition coefficient (Wildman–Crippen LogP) is -0.558. The molecule has 0 aromatic rings. The van der Waals surface area contributed by atoms with Crippen LogP contribution in [0, 0.1) is 5.92 Å². The van der Waals surface area contributed by atoms with Gasteiger partial charge in [-0.15, -0.1) is 0 Å². The van der Waals surface area contributed by atoms with Gasteiger partial charge in [-0.05, 0) is 25.7 Å². The van der Waals surface area contributed by atoms with Gasteiger partial charge in [0.25, 0.3) is 0 Å². The van der Waals surface area contributed by atoms with E-state index in [1.165, 1.54) is 16.9 Å². The molecule has 1 saturated heterocycles. The van der Waals surface area contributed by atoms with E-state index >= 15 is 0 Å². The molecule has 1 aliphatic heterocycles. The number of likely N-dealkylation sites (N-methyl/N-ethyl adjacent to an activating group) is 1. The minimum absolute atomic E-state index is 0.0238. The van der Waals surface area contributed by atoms with Crippen molar-refractivity contribution in [3.05, 3.63) is 11.6 Å². The molecule has 30 heavy (non-hydrogen) atoms. The van der Waals surface area contributed by atoms with E-state index in [0.29, 0.717) is 31.4 Å². The number of likely N-dealkylation sites (tertiary alicyclic amines) is 1. The van der Waals surface area contributed by atoms with Crippen LogP contribution < -0.4 is 10.6 Å². The quantitative estimate of drug-likeness (QED) is 0.275. The number of hydrogen-bond donors (Lipinski definition) is 2. The van der Waals surface area contributed by atoms with Crippen LogP contribution in [0.15, 0.2) is 11.6 Å². The summed E-state index contributed by atoms with van der Waals surface area (Å²) in [6.07, 6.45) is 3.36. The number of ether oxygens (including phenoxy) is 1. The van der Waals surface area contributed by atoms with E-state index in [1.807, 2.05) is 13.8 Å². The van der Waals surface area contributed by atoms with Gasteiger partial charge >= 0.3 is 5.97 Å². The highest BCUT2D eigenvalue weighted by Gasteiger charge is 2.35. The lowest BCUT2D eigenvalue weighted by atomic mass is 9.99. The molecule has 4 amide bonds. The maximum absolute atomic E-state index is 13.0. The third-order valence-corrected chi connectivity index (χ3v) is 5.07. The molecule has 10 heteroatoms. The molecule has 2 atom stereocenters. The number of nitrogens with one attached hydrogen (secondary N) is 2. The van der Waals surface area contributed by atoms with Gasteiger partial charge < -0.3 is 25.2 Å². The lowest BCUT2D eigenvalue weighted by molar-refractivity contribution is -0.142. The van der Waals surface area contributed by atoms with E-state index in [0.717, 1.165) is 0 Å². The summed E-state index contributed by atoms with van der Waals surface area (Å²) in [7, 11) is 2.85. The van der Waals surface area contributed by atoms with Gasteiger partial charge in [-0.1, -0.05) is 19.9 Å². The second kappa shape index (κ2) is 11.9. The molecule has 0 radical (unpaired) electrons. The molecule has 1 fully saturated rings. The zero-order valence-corrected chi connectivity index (χ0v) is 18.3. The van der Waals surface area contributed by atoms with Crippen LogP contribution in [0.1, 0.15) is 33.6 Å². The molecule has 1 aliphatic rings. The topological polar surface area (TPSA) is 125 Å². The van der Waals surface area contributed by atoms with Crippen molar-refractivity contribution < 1.29 is 28.7 Å². The summed E-state index contributed by atoms with van der Waals surface area (Å²) < 4.78 is 4.51. The van der Waals surface area contributed by atoms with Gasteiger partial charge in [0.2, 0.25) is 24.1 Å². The van der Waals surface area contributed by atoms with E-state index in [-0.39, 0.29) is 36.9 Å². The average molecular weight is 424 g/mol. The lowest BCUT2D eigenvalue weighted by Gasteiger charge is -2.30. The Morgan fingerprint density at radius 1 is 1.23 bits per heavy atom. The Balaban J connectivity index is 2.91. The molecule has 0 bridgehead atoms. The molecule has 1 heterocycles. The SMILES string of the molecule is COC(=O)CNC(=O)[C@@H]1CCCN1C(=O)/C(C)=C/[C@H](C(C)C)N(C)C(=O)CNC=O. The van der Waals surface area contributed by atoms with Crippen molar-refractivity contribution in [3.8, 4) is 0 Å². The van der Waals surface area contributed by atoms with Crippen LogP contribution in [0.3, 0.4) is 0 Å². The summed E-state index contributed by atoms with van der Waals surface area (Å²) in [5.41, 5.74) is 0.421. The first-order valence-electron chi connectivity index (χ1n) is 9.90. The second-order valence-corrected chi connectivity index (χ2v) is 7.54. The molecule has 0 unspecified atom stereocenters. The summed E-state index contributed by atoms with van der Waals surface area (Å²) in [6, 6.07) is -1.01. The van der Waals surface area contributed by atoms with Crippen LogP contribution in [0.4, 0.5) is 0 Å². The fourth-order valence-corrected chi connectivity index (χ4v) is 3.36. The van der Waals surface area contributed by atoms with Gasteiger partial charge in [-0.3, -0.25) is 24.0 Å². The third-order valence-electron chi connectivity index (χ3n) is 5.07. The van der Waals surface area contributed by atoms with Crippen molar-refractivity contribution in [2.75, 3.05) is 33.8 Å². The number of carbonyl (C=O) groups excluding carboxylic acids is 5. The minimum Gasteiger partial charge on any atom is -0.468 e. The van der Waals surface area contributed by atoms with Gasteiger partial charge in [0.05, 0.1) is 19.7 Å². The molecule has 0 aliphatic carbocycles. The summed E-state index contributed by atoms with van der Waals surface area (Å²) in [5.74, 6) is -1.50. The molecule has 2 N–H and O–H groups in total. The number of nitrogens with zero attached hydrogens (tertiary/aromatic N) is 2. The number of hydrogen-bond acceptors (Lipinski definition) is 6. The smallest absolute Gasteiger partial charge is 0.325 e. The Kier molecular flexibility index (Phi) is 10.00. The zero-order valence-electron chi connectivity index (χ0n) is 18.3. The van der Waals surface area contributed by atoms with E-state index in [1.54, 1.807) is 20.0 Å². The van der Waals surface area contributed by atoms with Crippen LogP contribution in [0.5, 0.6) is 0 Å². The van der Waals surface area contributed by atoms with Crippen LogP contribution in [0.2, 0.25) is 0 Å². The van der Waals surface area contributed by atoms with Gasteiger partial charge in [0.1, 0.15) is 12.6 Å². The number of rotatable bonds is 10. The van der Waals surface area contributed by atoms with E-state index in [2.05, 4.69) is 15.4 Å². The monoisotopic (exact) mass is 424 g/mol. The van der Waals surface area contributed by atoms with E-state index in [9.17, 15) is 24.0 Å². The standard InChI is InChI=1S/C20H32N4O6/c1-13(2)16(23(4)17(26)10-21-12-25)9-14(3)20(29)24-8-6-7-15(24)19(28)22-11-18(27)30-5/h9,12-13,15-16H,6-8,10-11H2,1-5H3,(H,21,25)(H,22,28)/b14-9+/t15-,16+/m0/s1. The fraction of sp³-hybridized carbons (Fsp3) is 0.650. The molecule has 1 rings (SSSR count). The van der Waals surface area contributed by atoms with Crippen LogP contribution >= 0.6 is 0 Å². The first-order valence-corrected chi connectivity index (χ1v) is 9.90. The van der Waals surface area contributed by atoms with Crippen molar-refractivity contribution in [1.82, 2.24) is 20.4 Å². The van der Waals surface area contributed by atoms with Gasteiger partial charge in [0, 0.05) is 19.2 Å². The normalized spacial score (nSPS) is 17.3. The van der Waals surface area contributed by atoms with Crippen molar-refractivity contribution >= 4 is 30.1 Å². The van der Waals surface area contributed by atoms with Crippen molar-refractivity contribution in [2.45, 2.75) is 45.7 Å². The summed E-state index contributed by atoms with van der Waals surface area (Å²) in [5, 5.41) is 4.84. The Morgan fingerprint density at radius 3 is 2.47 bits per heavy atom. The highest BCUT2D eigenvalue weighted by atomic mass is 16.5. The van der Waals surface area contributed by atoms with Crippen LogP contribution in [-0.2, 0) is 28.7 Å². The fourth-order valence-electron chi connectivity index (χ4n) is 3.36. The number of amides is 4. The summed E-state index contributed by atoms with van der Waals surface area (Å²) >= 11 is 0. The van der Waals surface area contributed by atoms with Crippen molar-refractivity contribution in [3.63, 3.8) is 0 Å². The molecule has 0 aromatic carbocycles. The largest absolute Gasteiger partial charge is 0.468 e. The highest BCUT2D eigenvalue weighted by Crippen LogP contribution is 2.21. The Hall–Kier alpha value is -2.91. The zero-order chi connectivity index (χ0) is 22.8.